The molecule has 4 heteroatoms. The van der Waals surface area contributed by atoms with Crippen LogP contribution in [0.1, 0.15) is 17.2 Å². The Morgan fingerprint density at radius 1 is 0.800 bits per heavy atom. The summed E-state index contributed by atoms with van der Waals surface area (Å²) in [6.45, 7) is 0. The van der Waals surface area contributed by atoms with Crippen LogP contribution in [0, 0.1) is 0 Å². The Balaban J connectivity index is 2.31. The molecule has 0 atom stereocenters. The molecule has 0 saturated carbocycles. The first-order valence-electron chi connectivity index (χ1n) is 6.35. The summed E-state index contributed by atoms with van der Waals surface area (Å²) >= 11 is 0. The summed E-state index contributed by atoms with van der Waals surface area (Å²) in [4.78, 5) is 23.2. The minimum absolute atomic E-state index is 0.345. The van der Waals surface area contributed by atoms with Crippen LogP contribution in [-0.4, -0.2) is 18.9 Å². The van der Waals surface area contributed by atoms with E-state index in [0.29, 0.717) is 0 Å². The molecular weight excluding hydrogens is 252 g/mol. The first-order valence-corrected chi connectivity index (χ1v) is 6.35. The number of amides is 2. The summed E-state index contributed by atoms with van der Waals surface area (Å²) in [6, 6.07) is 18.7. The zero-order valence-corrected chi connectivity index (χ0v) is 11.2. The zero-order valence-electron chi connectivity index (χ0n) is 11.2. The molecule has 20 heavy (non-hydrogen) atoms. The summed E-state index contributed by atoms with van der Waals surface area (Å²) in [6.07, 6.45) is 0. The highest BCUT2D eigenvalue weighted by Crippen LogP contribution is 2.21. The van der Waals surface area contributed by atoms with E-state index in [4.69, 9.17) is 0 Å². The maximum absolute atomic E-state index is 11.8. The van der Waals surface area contributed by atoms with Gasteiger partial charge in [-0.05, 0) is 11.1 Å². The van der Waals surface area contributed by atoms with Crippen molar-refractivity contribution >= 4 is 11.8 Å². The minimum Gasteiger partial charge on any atom is -0.351 e. The summed E-state index contributed by atoms with van der Waals surface area (Å²) < 4.78 is 0. The molecule has 2 N–H and O–H groups in total. The summed E-state index contributed by atoms with van der Waals surface area (Å²) in [5.41, 5.74) is 1.85. The molecule has 0 aliphatic rings. The van der Waals surface area contributed by atoms with Gasteiger partial charge in [-0.2, -0.15) is 0 Å². The lowest BCUT2D eigenvalue weighted by Gasteiger charge is -2.19. The number of carbonyl (C=O) groups excluding carboxylic acids is 2. The molecule has 0 saturated heterocycles. The van der Waals surface area contributed by atoms with Gasteiger partial charge < -0.3 is 10.6 Å². The Hall–Kier alpha value is -2.62. The molecule has 0 aromatic heterocycles. The fourth-order valence-electron chi connectivity index (χ4n) is 1.96. The third-order valence-corrected chi connectivity index (χ3v) is 2.97. The van der Waals surface area contributed by atoms with Crippen LogP contribution in [0.25, 0.3) is 0 Å². The second-order valence-electron chi connectivity index (χ2n) is 4.31. The van der Waals surface area contributed by atoms with Gasteiger partial charge >= 0.3 is 11.8 Å². The van der Waals surface area contributed by atoms with E-state index in [-0.39, 0.29) is 6.04 Å². The molecule has 2 aromatic rings. The SMILES string of the molecule is CNC(=O)C(=O)NC(c1ccccc1)c1ccccc1. The predicted molar refractivity (Wildman–Crippen MR) is 76.9 cm³/mol. The molecule has 0 aliphatic carbocycles. The van der Waals surface area contributed by atoms with Crippen molar-refractivity contribution in [3.63, 3.8) is 0 Å². The number of rotatable bonds is 3. The fraction of sp³-hybridized carbons (Fsp3) is 0.125. The number of benzene rings is 2. The van der Waals surface area contributed by atoms with Crippen LogP contribution in [0.2, 0.25) is 0 Å². The zero-order chi connectivity index (χ0) is 14.4. The Morgan fingerprint density at radius 3 is 1.65 bits per heavy atom. The topological polar surface area (TPSA) is 58.2 Å². The van der Waals surface area contributed by atoms with Gasteiger partial charge in [0, 0.05) is 7.05 Å². The molecule has 2 amide bonds. The lowest BCUT2D eigenvalue weighted by atomic mass is 9.99. The fourth-order valence-corrected chi connectivity index (χ4v) is 1.96. The van der Waals surface area contributed by atoms with Gasteiger partial charge in [0.2, 0.25) is 0 Å². The second-order valence-corrected chi connectivity index (χ2v) is 4.31. The van der Waals surface area contributed by atoms with E-state index in [1.54, 1.807) is 0 Å². The van der Waals surface area contributed by atoms with E-state index < -0.39 is 11.8 Å². The largest absolute Gasteiger partial charge is 0.351 e. The van der Waals surface area contributed by atoms with Crippen molar-refractivity contribution in [1.82, 2.24) is 10.6 Å². The number of carbonyl (C=O) groups is 2. The van der Waals surface area contributed by atoms with Gasteiger partial charge in [-0.3, -0.25) is 9.59 Å². The molecule has 2 rings (SSSR count). The Morgan fingerprint density at radius 2 is 1.25 bits per heavy atom. The van der Waals surface area contributed by atoms with E-state index in [1.165, 1.54) is 7.05 Å². The van der Waals surface area contributed by atoms with Crippen LogP contribution >= 0.6 is 0 Å². The number of hydrogen-bond donors (Lipinski definition) is 2. The van der Waals surface area contributed by atoms with E-state index in [1.807, 2.05) is 60.7 Å². The highest BCUT2D eigenvalue weighted by Gasteiger charge is 2.20. The molecule has 0 radical (unpaired) electrons. The van der Waals surface area contributed by atoms with Crippen molar-refractivity contribution in [2.75, 3.05) is 7.05 Å². The van der Waals surface area contributed by atoms with Gasteiger partial charge in [-0.25, -0.2) is 0 Å². The smallest absolute Gasteiger partial charge is 0.310 e. The molecular formula is C16H16N2O2. The van der Waals surface area contributed by atoms with Crippen LogP contribution in [0.15, 0.2) is 60.7 Å². The van der Waals surface area contributed by atoms with Crippen LogP contribution in [0.3, 0.4) is 0 Å². The predicted octanol–water partition coefficient (Wildman–Crippen LogP) is 1.64. The van der Waals surface area contributed by atoms with Crippen LogP contribution in [0.5, 0.6) is 0 Å². The molecule has 2 aromatic carbocycles. The van der Waals surface area contributed by atoms with Crippen LogP contribution in [-0.2, 0) is 9.59 Å². The van der Waals surface area contributed by atoms with Gasteiger partial charge in [0.1, 0.15) is 0 Å². The maximum Gasteiger partial charge on any atom is 0.310 e. The molecule has 4 nitrogen and oxygen atoms in total. The van der Waals surface area contributed by atoms with Gasteiger partial charge in [0.25, 0.3) is 0 Å². The lowest BCUT2D eigenvalue weighted by molar-refractivity contribution is -0.139. The monoisotopic (exact) mass is 268 g/mol. The first kappa shape index (κ1) is 13.8. The molecule has 0 fully saturated rings. The first-order chi connectivity index (χ1) is 9.72. The van der Waals surface area contributed by atoms with Crippen molar-refractivity contribution in [1.29, 1.82) is 0 Å². The van der Waals surface area contributed by atoms with Crippen molar-refractivity contribution in [3.05, 3.63) is 71.8 Å². The Labute approximate surface area is 117 Å². The standard InChI is InChI=1S/C16H16N2O2/c1-17-15(19)16(20)18-14(12-8-4-2-5-9-12)13-10-6-3-7-11-13/h2-11,14H,1H3,(H,17,19)(H,18,20). The molecule has 0 bridgehead atoms. The maximum atomic E-state index is 11.8. The Kier molecular flexibility index (Phi) is 4.50. The summed E-state index contributed by atoms with van der Waals surface area (Å²) in [5.74, 6) is -1.30. The highest BCUT2D eigenvalue weighted by atomic mass is 16.2. The van der Waals surface area contributed by atoms with E-state index in [2.05, 4.69) is 10.6 Å². The normalized spacial score (nSPS) is 10.1. The quantitative estimate of drug-likeness (QED) is 0.831. The number of hydrogen-bond acceptors (Lipinski definition) is 2. The molecule has 0 spiro atoms. The van der Waals surface area contributed by atoms with Gasteiger partial charge in [-0.15, -0.1) is 0 Å². The number of nitrogens with one attached hydrogen (secondary N) is 2. The average molecular weight is 268 g/mol. The molecule has 0 aliphatic heterocycles. The van der Waals surface area contributed by atoms with E-state index >= 15 is 0 Å². The molecule has 0 heterocycles. The van der Waals surface area contributed by atoms with Crippen LogP contribution < -0.4 is 10.6 Å². The lowest BCUT2D eigenvalue weighted by Crippen LogP contribution is -2.40. The Bertz CT molecular complexity index is 542. The number of likely N-dealkylation sites (N-methyl/N-ethyl adjacent to an activating group) is 1. The van der Waals surface area contributed by atoms with Gasteiger partial charge in [-0.1, -0.05) is 60.7 Å². The van der Waals surface area contributed by atoms with Crippen molar-refractivity contribution in [2.45, 2.75) is 6.04 Å². The molecule has 102 valence electrons. The van der Waals surface area contributed by atoms with E-state index in [9.17, 15) is 9.59 Å². The van der Waals surface area contributed by atoms with Crippen LogP contribution in [0.4, 0.5) is 0 Å². The minimum atomic E-state index is -0.651. The summed E-state index contributed by atoms with van der Waals surface area (Å²) in [7, 11) is 1.43. The molecule has 0 unspecified atom stereocenters. The van der Waals surface area contributed by atoms with E-state index in [0.717, 1.165) is 11.1 Å². The van der Waals surface area contributed by atoms with Gasteiger partial charge in [0.05, 0.1) is 6.04 Å². The van der Waals surface area contributed by atoms with Crippen molar-refractivity contribution < 1.29 is 9.59 Å². The van der Waals surface area contributed by atoms with Crippen molar-refractivity contribution in [2.24, 2.45) is 0 Å². The summed E-state index contributed by atoms with van der Waals surface area (Å²) in [5, 5.41) is 5.07. The second kappa shape index (κ2) is 6.52. The van der Waals surface area contributed by atoms with Crippen molar-refractivity contribution in [3.8, 4) is 0 Å². The average Bonchev–Trinajstić information content (AvgIpc) is 2.53. The van der Waals surface area contributed by atoms with Gasteiger partial charge in [0.15, 0.2) is 0 Å². The highest BCUT2D eigenvalue weighted by molar-refractivity contribution is 6.35. The third-order valence-electron chi connectivity index (χ3n) is 2.97. The third kappa shape index (κ3) is 3.23.